The molecule has 100 valence electrons. The molecule has 2 nitrogen and oxygen atoms in total. The van der Waals surface area contributed by atoms with E-state index in [0.717, 1.165) is 17.8 Å². The smallest absolute Gasteiger partial charge is 0.0594 e. The summed E-state index contributed by atoms with van der Waals surface area (Å²) in [6, 6.07) is 12.9. The van der Waals surface area contributed by atoms with Crippen LogP contribution in [-0.2, 0) is 6.42 Å². The van der Waals surface area contributed by atoms with Crippen molar-refractivity contribution in [1.29, 1.82) is 0 Å². The Kier molecular flexibility index (Phi) is 3.79. The Morgan fingerprint density at radius 3 is 2.37 bits per heavy atom. The summed E-state index contributed by atoms with van der Waals surface area (Å²) in [6.07, 6.45) is 0.936. The van der Waals surface area contributed by atoms with Crippen molar-refractivity contribution in [2.24, 2.45) is 0 Å². The molecule has 0 atom stereocenters. The number of nitrogen functional groups attached to an aromatic ring is 1. The number of rotatable bonds is 3. The summed E-state index contributed by atoms with van der Waals surface area (Å²) in [5, 5.41) is 0. The first-order valence-electron chi connectivity index (χ1n) is 6.59. The van der Waals surface area contributed by atoms with Crippen LogP contribution in [0.2, 0.25) is 0 Å². The standard InChI is InChI=1S/C17H22N2/c1-12-5-6-13(2)15(9-12)10-14-7-8-17(19(3)4)16(18)11-14/h5-9,11H,10,18H2,1-4H3. The van der Waals surface area contributed by atoms with Gasteiger partial charge in [0, 0.05) is 14.1 Å². The van der Waals surface area contributed by atoms with Crippen LogP contribution in [0.1, 0.15) is 22.3 Å². The fourth-order valence-corrected chi connectivity index (χ4v) is 2.33. The van der Waals surface area contributed by atoms with E-state index >= 15 is 0 Å². The molecule has 0 unspecified atom stereocenters. The minimum Gasteiger partial charge on any atom is -0.397 e. The lowest BCUT2D eigenvalue weighted by Gasteiger charge is -2.16. The highest BCUT2D eigenvalue weighted by Gasteiger charge is 2.05. The van der Waals surface area contributed by atoms with Gasteiger partial charge in [0.15, 0.2) is 0 Å². The van der Waals surface area contributed by atoms with Crippen LogP contribution in [0.3, 0.4) is 0 Å². The molecule has 0 saturated carbocycles. The molecule has 2 rings (SSSR count). The van der Waals surface area contributed by atoms with E-state index in [1.807, 2.05) is 19.0 Å². The van der Waals surface area contributed by atoms with Crippen molar-refractivity contribution in [2.45, 2.75) is 20.3 Å². The van der Waals surface area contributed by atoms with Gasteiger partial charge in [-0.3, -0.25) is 0 Å². The molecule has 0 fully saturated rings. The van der Waals surface area contributed by atoms with Gasteiger partial charge in [0.1, 0.15) is 0 Å². The van der Waals surface area contributed by atoms with Gasteiger partial charge in [-0.1, -0.05) is 29.8 Å². The summed E-state index contributed by atoms with van der Waals surface area (Å²) in [4.78, 5) is 2.04. The van der Waals surface area contributed by atoms with Crippen molar-refractivity contribution in [3.05, 3.63) is 58.7 Å². The maximum atomic E-state index is 6.10. The van der Waals surface area contributed by atoms with Gasteiger partial charge in [0.25, 0.3) is 0 Å². The molecule has 0 aromatic heterocycles. The third-order valence-electron chi connectivity index (χ3n) is 3.47. The average molecular weight is 254 g/mol. The SMILES string of the molecule is Cc1ccc(C)c(Cc2ccc(N(C)C)c(N)c2)c1. The Balaban J connectivity index is 2.29. The van der Waals surface area contributed by atoms with Crippen molar-refractivity contribution < 1.29 is 0 Å². The lowest BCUT2D eigenvalue weighted by Crippen LogP contribution is -2.11. The number of benzene rings is 2. The third-order valence-corrected chi connectivity index (χ3v) is 3.47. The van der Waals surface area contributed by atoms with Crippen LogP contribution in [-0.4, -0.2) is 14.1 Å². The second-order valence-corrected chi connectivity index (χ2v) is 5.39. The number of hydrogen-bond donors (Lipinski definition) is 1. The molecule has 2 aromatic rings. The molecule has 2 aromatic carbocycles. The lowest BCUT2D eigenvalue weighted by molar-refractivity contribution is 1.11. The maximum Gasteiger partial charge on any atom is 0.0594 e. The largest absolute Gasteiger partial charge is 0.397 e. The summed E-state index contributed by atoms with van der Waals surface area (Å²) in [5.41, 5.74) is 13.3. The molecule has 2 heteroatoms. The van der Waals surface area contributed by atoms with E-state index in [2.05, 4.69) is 50.2 Å². The number of nitrogens with zero attached hydrogens (tertiary/aromatic N) is 1. The fourth-order valence-electron chi connectivity index (χ4n) is 2.33. The molecular formula is C17H22N2. The molecule has 0 saturated heterocycles. The zero-order valence-electron chi connectivity index (χ0n) is 12.2. The zero-order chi connectivity index (χ0) is 14.0. The highest BCUT2D eigenvalue weighted by atomic mass is 15.1. The van der Waals surface area contributed by atoms with Gasteiger partial charge in [-0.15, -0.1) is 0 Å². The van der Waals surface area contributed by atoms with Crippen LogP contribution in [0, 0.1) is 13.8 Å². The Labute approximate surface area is 115 Å². The Bertz CT molecular complexity index is 586. The van der Waals surface area contributed by atoms with E-state index in [-0.39, 0.29) is 0 Å². The van der Waals surface area contributed by atoms with Crippen molar-refractivity contribution >= 4 is 11.4 Å². The first-order valence-corrected chi connectivity index (χ1v) is 6.59. The van der Waals surface area contributed by atoms with Crippen molar-refractivity contribution in [1.82, 2.24) is 0 Å². The van der Waals surface area contributed by atoms with Gasteiger partial charge in [0.05, 0.1) is 11.4 Å². The fraction of sp³-hybridized carbons (Fsp3) is 0.294. The van der Waals surface area contributed by atoms with Crippen LogP contribution < -0.4 is 10.6 Å². The minimum absolute atomic E-state index is 0.841. The monoisotopic (exact) mass is 254 g/mol. The summed E-state index contributed by atoms with van der Waals surface area (Å²) in [7, 11) is 4.02. The lowest BCUT2D eigenvalue weighted by atomic mass is 9.98. The second-order valence-electron chi connectivity index (χ2n) is 5.39. The molecule has 0 radical (unpaired) electrons. The van der Waals surface area contributed by atoms with Crippen LogP contribution >= 0.6 is 0 Å². The van der Waals surface area contributed by atoms with E-state index in [1.54, 1.807) is 0 Å². The summed E-state index contributed by atoms with van der Waals surface area (Å²) >= 11 is 0. The summed E-state index contributed by atoms with van der Waals surface area (Å²) in [6.45, 7) is 4.29. The van der Waals surface area contributed by atoms with Gasteiger partial charge in [-0.05, 0) is 49.1 Å². The molecular weight excluding hydrogens is 232 g/mol. The van der Waals surface area contributed by atoms with E-state index in [9.17, 15) is 0 Å². The Morgan fingerprint density at radius 2 is 1.74 bits per heavy atom. The average Bonchev–Trinajstić information content (AvgIpc) is 2.33. The minimum atomic E-state index is 0.841. The zero-order valence-corrected chi connectivity index (χ0v) is 12.2. The molecule has 0 heterocycles. The molecule has 0 spiro atoms. The predicted octanol–water partition coefficient (Wildman–Crippen LogP) is 3.54. The van der Waals surface area contributed by atoms with Gasteiger partial charge >= 0.3 is 0 Å². The van der Waals surface area contributed by atoms with Crippen molar-refractivity contribution in [3.63, 3.8) is 0 Å². The van der Waals surface area contributed by atoms with Crippen LogP contribution in [0.25, 0.3) is 0 Å². The highest BCUT2D eigenvalue weighted by molar-refractivity contribution is 5.68. The number of aryl methyl sites for hydroxylation is 2. The highest BCUT2D eigenvalue weighted by Crippen LogP contribution is 2.24. The van der Waals surface area contributed by atoms with E-state index in [4.69, 9.17) is 5.73 Å². The Hall–Kier alpha value is -1.96. The topological polar surface area (TPSA) is 29.3 Å². The van der Waals surface area contributed by atoms with Gasteiger partial charge in [-0.2, -0.15) is 0 Å². The van der Waals surface area contributed by atoms with Gasteiger partial charge < -0.3 is 10.6 Å². The number of hydrogen-bond acceptors (Lipinski definition) is 2. The predicted molar refractivity (Wildman–Crippen MR) is 83.9 cm³/mol. The van der Waals surface area contributed by atoms with Crippen LogP contribution in [0.15, 0.2) is 36.4 Å². The van der Waals surface area contributed by atoms with Gasteiger partial charge in [0.2, 0.25) is 0 Å². The number of anilines is 2. The first kappa shape index (κ1) is 13.5. The maximum absolute atomic E-state index is 6.10. The molecule has 0 aliphatic carbocycles. The van der Waals surface area contributed by atoms with E-state index < -0.39 is 0 Å². The van der Waals surface area contributed by atoms with Crippen molar-refractivity contribution in [3.8, 4) is 0 Å². The summed E-state index contributed by atoms with van der Waals surface area (Å²) in [5.74, 6) is 0. The third kappa shape index (κ3) is 3.08. The first-order chi connectivity index (χ1) is 8.97. The normalized spacial score (nSPS) is 10.5. The number of nitrogens with two attached hydrogens (primary N) is 1. The van der Waals surface area contributed by atoms with E-state index in [1.165, 1.54) is 22.3 Å². The quantitative estimate of drug-likeness (QED) is 0.849. The van der Waals surface area contributed by atoms with E-state index in [0.29, 0.717) is 0 Å². The van der Waals surface area contributed by atoms with Crippen LogP contribution in [0.4, 0.5) is 11.4 Å². The molecule has 2 N–H and O–H groups in total. The molecule has 0 aliphatic heterocycles. The molecule has 0 amide bonds. The molecule has 0 aliphatic rings. The Morgan fingerprint density at radius 1 is 1.00 bits per heavy atom. The molecule has 0 bridgehead atoms. The second kappa shape index (κ2) is 5.35. The van der Waals surface area contributed by atoms with Gasteiger partial charge in [-0.25, -0.2) is 0 Å². The molecule has 19 heavy (non-hydrogen) atoms. The van der Waals surface area contributed by atoms with Crippen molar-refractivity contribution in [2.75, 3.05) is 24.7 Å². The summed E-state index contributed by atoms with van der Waals surface area (Å²) < 4.78 is 0. The van der Waals surface area contributed by atoms with Crippen LogP contribution in [0.5, 0.6) is 0 Å².